The SMILES string of the molecule is CCCNc1cncc(-n2ccc(C(=O)NC)n2)c1. The maximum Gasteiger partial charge on any atom is 0.271 e. The maximum atomic E-state index is 11.5. The van der Waals surface area contributed by atoms with Gasteiger partial charge in [0.05, 0.1) is 23.8 Å². The highest BCUT2D eigenvalue weighted by Crippen LogP contribution is 2.12. The molecule has 2 rings (SSSR count). The summed E-state index contributed by atoms with van der Waals surface area (Å²) in [5.41, 5.74) is 2.14. The molecule has 0 aliphatic heterocycles. The quantitative estimate of drug-likeness (QED) is 0.852. The molecule has 0 fully saturated rings. The van der Waals surface area contributed by atoms with Crippen molar-refractivity contribution in [1.82, 2.24) is 20.1 Å². The molecule has 2 N–H and O–H groups in total. The molecule has 0 unspecified atom stereocenters. The number of rotatable bonds is 5. The number of aromatic nitrogens is 3. The smallest absolute Gasteiger partial charge is 0.271 e. The van der Waals surface area contributed by atoms with Crippen molar-refractivity contribution in [2.75, 3.05) is 18.9 Å². The maximum absolute atomic E-state index is 11.5. The number of carbonyl (C=O) groups is 1. The van der Waals surface area contributed by atoms with Crippen LogP contribution in [0.15, 0.2) is 30.7 Å². The molecule has 0 aliphatic rings. The first-order valence-electron chi connectivity index (χ1n) is 6.21. The van der Waals surface area contributed by atoms with Gasteiger partial charge in [-0.05, 0) is 18.6 Å². The molecule has 1 amide bonds. The number of pyridine rings is 1. The average molecular weight is 259 g/mol. The topological polar surface area (TPSA) is 71.8 Å². The van der Waals surface area contributed by atoms with Crippen LogP contribution in [0.3, 0.4) is 0 Å². The van der Waals surface area contributed by atoms with E-state index in [0.717, 1.165) is 24.3 Å². The third-order valence-corrected chi connectivity index (χ3v) is 2.62. The van der Waals surface area contributed by atoms with Crippen molar-refractivity contribution in [1.29, 1.82) is 0 Å². The van der Waals surface area contributed by atoms with Crippen LogP contribution in [0.2, 0.25) is 0 Å². The van der Waals surface area contributed by atoms with Crippen molar-refractivity contribution >= 4 is 11.6 Å². The summed E-state index contributed by atoms with van der Waals surface area (Å²) in [7, 11) is 1.58. The molecule has 2 aromatic heterocycles. The average Bonchev–Trinajstić information content (AvgIpc) is 2.94. The van der Waals surface area contributed by atoms with Gasteiger partial charge in [0.2, 0.25) is 0 Å². The van der Waals surface area contributed by atoms with Gasteiger partial charge in [0.1, 0.15) is 0 Å². The van der Waals surface area contributed by atoms with Gasteiger partial charge >= 0.3 is 0 Å². The molecule has 0 aromatic carbocycles. The summed E-state index contributed by atoms with van der Waals surface area (Å²) in [6.07, 6.45) is 6.26. The molecule has 2 aromatic rings. The van der Waals surface area contributed by atoms with Gasteiger partial charge in [-0.25, -0.2) is 4.68 Å². The lowest BCUT2D eigenvalue weighted by Gasteiger charge is -2.06. The van der Waals surface area contributed by atoms with E-state index >= 15 is 0 Å². The Bertz CT molecular complexity index is 564. The molecule has 6 nitrogen and oxygen atoms in total. The van der Waals surface area contributed by atoms with Gasteiger partial charge in [-0.3, -0.25) is 9.78 Å². The summed E-state index contributed by atoms with van der Waals surface area (Å²) in [4.78, 5) is 15.6. The van der Waals surface area contributed by atoms with Crippen molar-refractivity contribution in [2.45, 2.75) is 13.3 Å². The summed E-state index contributed by atoms with van der Waals surface area (Å²) in [6.45, 7) is 3.00. The molecule has 0 saturated heterocycles. The van der Waals surface area contributed by atoms with E-state index in [0.29, 0.717) is 5.69 Å². The van der Waals surface area contributed by atoms with E-state index in [9.17, 15) is 4.79 Å². The predicted octanol–water partition coefficient (Wildman–Crippen LogP) is 1.45. The fourth-order valence-corrected chi connectivity index (χ4v) is 1.64. The Labute approximate surface area is 111 Å². The van der Waals surface area contributed by atoms with Gasteiger partial charge in [0, 0.05) is 19.8 Å². The zero-order valence-corrected chi connectivity index (χ0v) is 11.1. The number of nitrogens with one attached hydrogen (secondary N) is 2. The zero-order chi connectivity index (χ0) is 13.7. The lowest BCUT2D eigenvalue weighted by atomic mass is 10.3. The Hall–Kier alpha value is -2.37. The number of hydrogen-bond donors (Lipinski definition) is 2. The first-order valence-corrected chi connectivity index (χ1v) is 6.21. The second-order valence-electron chi connectivity index (χ2n) is 4.08. The third kappa shape index (κ3) is 3.09. The summed E-state index contributed by atoms with van der Waals surface area (Å²) in [5.74, 6) is -0.202. The Morgan fingerprint density at radius 2 is 2.26 bits per heavy atom. The van der Waals surface area contributed by atoms with Crippen molar-refractivity contribution < 1.29 is 4.79 Å². The van der Waals surface area contributed by atoms with Crippen molar-refractivity contribution in [3.05, 3.63) is 36.4 Å². The third-order valence-electron chi connectivity index (χ3n) is 2.62. The van der Waals surface area contributed by atoms with Gasteiger partial charge in [0.25, 0.3) is 5.91 Å². The van der Waals surface area contributed by atoms with Crippen molar-refractivity contribution in [3.8, 4) is 5.69 Å². The van der Waals surface area contributed by atoms with E-state index in [-0.39, 0.29) is 5.91 Å². The van der Waals surface area contributed by atoms with Gasteiger partial charge in [-0.1, -0.05) is 6.92 Å². The molecule has 0 aliphatic carbocycles. The normalized spacial score (nSPS) is 10.2. The molecule has 0 atom stereocenters. The summed E-state index contributed by atoms with van der Waals surface area (Å²) in [5, 5.41) is 10.0. The molecule has 0 radical (unpaired) electrons. The fourth-order valence-electron chi connectivity index (χ4n) is 1.64. The van der Waals surface area contributed by atoms with Crippen LogP contribution in [0, 0.1) is 0 Å². The van der Waals surface area contributed by atoms with Crippen LogP contribution in [0.5, 0.6) is 0 Å². The van der Waals surface area contributed by atoms with E-state index < -0.39 is 0 Å². The number of amides is 1. The van der Waals surface area contributed by atoms with Crippen LogP contribution < -0.4 is 10.6 Å². The highest BCUT2D eigenvalue weighted by molar-refractivity contribution is 5.91. The molecule has 2 heterocycles. The van der Waals surface area contributed by atoms with E-state index in [1.807, 2.05) is 6.07 Å². The summed E-state index contributed by atoms with van der Waals surface area (Å²) >= 11 is 0. The summed E-state index contributed by atoms with van der Waals surface area (Å²) in [6, 6.07) is 3.62. The monoisotopic (exact) mass is 259 g/mol. The Kier molecular flexibility index (Phi) is 4.12. The molecule has 0 spiro atoms. The Balaban J connectivity index is 2.21. The molecule has 6 heteroatoms. The van der Waals surface area contributed by atoms with Gasteiger partial charge in [0.15, 0.2) is 5.69 Å². The zero-order valence-electron chi connectivity index (χ0n) is 11.1. The molecular weight excluding hydrogens is 242 g/mol. The molecule has 100 valence electrons. The van der Waals surface area contributed by atoms with Gasteiger partial charge in [-0.2, -0.15) is 5.10 Å². The largest absolute Gasteiger partial charge is 0.384 e. The summed E-state index contributed by atoms with van der Waals surface area (Å²) < 4.78 is 1.63. The van der Waals surface area contributed by atoms with Crippen LogP contribution in [0.1, 0.15) is 23.8 Å². The highest BCUT2D eigenvalue weighted by Gasteiger charge is 2.08. The predicted molar refractivity (Wildman–Crippen MR) is 73.5 cm³/mol. The minimum absolute atomic E-state index is 0.202. The van der Waals surface area contributed by atoms with Crippen LogP contribution in [-0.2, 0) is 0 Å². The first kappa shape index (κ1) is 13.1. The second-order valence-corrected chi connectivity index (χ2v) is 4.08. The van der Waals surface area contributed by atoms with Crippen LogP contribution in [0.4, 0.5) is 5.69 Å². The van der Waals surface area contributed by atoms with Crippen molar-refractivity contribution in [2.24, 2.45) is 0 Å². The van der Waals surface area contributed by atoms with Gasteiger partial charge in [-0.15, -0.1) is 0 Å². The van der Waals surface area contributed by atoms with Gasteiger partial charge < -0.3 is 10.6 Å². The molecular formula is C13H17N5O. The second kappa shape index (κ2) is 5.99. The lowest BCUT2D eigenvalue weighted by Crippen LogP contribution is -2.18. The van der Waals surface area contributed by atoms with Crippen molar-refractivity contribution in [3.63, 3.8) is 0 Å². The minimum atomic E-state index is -0.202. The fraction of sp³-hybridized carbons (Fsp3) is 0.308. The Morgan fingerprint density at radius 1 is 1.42 bits per heavy atom. The number of carbonyl (C=O) groups excluding carboxylic acids is 1. The number of anilines is 1. The van der Waals surface area contributed by atoms with Crippen LogP contribution >= 0.6 is 0 Å². The first-order chi connectivity index (χ1) is 9.24. The van der Waals surface area contributed by atoms with E-state index in [2.05, 4.69) is 27.6 Å². The molecule has 0 bridgehead atoms. The van der Waals surface area contributed by atoms with E-state index in [1.54, 1.807) is 36.4 Å². The van der Waals surface area contributed by atoms with Crippen LogP contribution in [0.25, 0.3) is 5.69 Å². The van der Waals surface area contributed by atoms with E-state index in [4.69, 9.17) is 0 Å². The standard InChI is InChI=1S/C13H17N5O/c1-3-5-16-10-7-11(9-15-8-10)18-6-4-12(17-18)13(19)14-2/h4,6-9,16H,3,5H2,1-2H3,(H,14,19). The number of nitrogens with zero attached hydrogens (tertiary/aromatic N) is 3. The molecule has 19 heavy (non-hydrogen) atoms. The highest BCUT2D eigenvalue weighted by atomic mass is 16.1. The number of hydrogen-bond acceptors (Lipinski definition) is 4. The lowest BCUT2D eigenvalue weighted by molar-refractivity contribution is 0.0957. The Morgan fingerprint density at radius 3 is 3.00 bits per heavy atom. The minimum Gasteiger partial charge on any atom is -0.384 e. The van der Waals surface area contributed by atoms with Crippen LogP contribution in [-0.4, -0.2) is 34.3 Å². The molecule has 0 saturated carbocycles. The van der Waals surface area contributed by atoms with E-state index in [1.165, 1.54) is 0 Å².